The van der Waals surface area contributed by atoms with Crippen LogP contribution in [0.4, 0.5) is 5.69 Å². The largest absolute Gasteiger partial charge is 0.490 e. The molecule has 118 valence electrons. The normalized spacial score (nSPS) is 13.4. The number of Topliss-reactive ketones (excluding diaryl/α,β-unsaturated/α-hetero) is 1. The van der Waals surface area contributed by atoms with E-state index in [9.17, 15) is 9.59 Å². The van der Waals surface area contributed by atoms with Crippen molar-refractivity contribution in [1.82, 2.24) is 0 Å². The maximum absolute atomic E-state index is 12.1. The van der Waals surface area contributed by atoms with Crippen molar-refractivity contribution >= 4 is 56.5 Å². The molecule has 0 saturated carbocycles. The first-order valence-electron chi connectivity index (χ1n) is 6.71. The molecule has 1 heterocycles. The van der Waals surface area contributed by atoms with Crippen molar-refractivity contribution in [2.75, 3.05) is 18.1 Å². The molecule has 0 spiro atoms. The van der Waals surface area contributed by atoms with Gasteiger partial charge in [-0.3, -0.25) is 9.59 Å². The highest BCUT2D eigenvalue weighted by atomic mass is 79.9. The predicted octanol–water partition coefficient (Wildman–Crippen LogP) is 4.36. The number of hydrogen-bond acceptors (Lipinski definition) is 3. The number of amides is 1. The third-order valence-corrected chi connectivity index (χ3v) is 4.42. The van der Waals surface area contributed by atoms with Crippen molar-refractivity contribution in [2.45, 2.75) is 0 Å². The quantitative estimate of drug-likeness (QED) is 0.698. The van der Waals surface area contributed by atoms with Crippen LogP contribution in [0.3, 0.4) is 0 Å². The topological polar surface area (TPSA) is 46.6 Å². The molecule has 0 aromatic heterocycles. The van der Waals surface area contributed by atoms with E-state index < -0.39 is 11.7 Å². The van der Waals surface area contributed by atoms with E-state index in [1.807, 2.05) is 0 Å². The molecule has 1 aliphatic heterocycles. The molecule has 3 rings (SSSR count). The van der Waals surface area contributed by atoms with Gasteiger partial charge in [-0.05, 0) is 36.4 Å². The van der Waals surface area contributed by atoms with Crippen LogP contribution in [0, 0.1) is 0 Å². The van der Waals surface area contributed by atoms with Crippen LogP contribution in [0.1, 0.15) is 10.4 Å². The van der Waals surface area contributed by atoms with E-state index in [0.717, 1.165) is 4.47 Å². The Morgan fingerprint density at radius 1 is 1.09 bits per heavy atom. The second-order valence-electron chi connectivity index (χ2n) is 4.87. The summed E-state index contributed by atoms with van der Waals surface area (Å²) in [6.45, 7) is 0.452. The molecule has 0 saturated heterocycles. The minimum atomic E-state index is -0.552. The van der Waals surface area contributed by atoms with Crippen molar-refractivity contribution < 1.29 is 14.3 Å². The highest BCUT2D eigenvalue weighted by Crippen LogP contribution is 2.31. The second-order valence-corrected chi connectivity index (χ2v) is 6.63. The predicted molar refractivity (Wildman–Crippen MR) is 92.8 cm³/mol. The molecular formula is C16H10BrCl2NO3. The third kappa shape index (κ3) is 3.22. The van der Waals surface area contributed by atoms with E-state index in [2.05, 4.69) is 15.9 Å². The first kappa shape index (κ1) is 16.3. The maximum atomic E-state index is 12.1. The number of hydrogen-bond donors (Lipinski definition) is 0. The molecule has 0 atom stereocenters. The van der Waals surface area contributed by atoms with Crippen molar-refractivity contribution in [2.24, 2.45) is 0 Å². The van der Waals surface area contributed by atoms with Crippen LogP contribution >= 0.6 is 39.1 Å². The Hall–Kier alpha value is -1.56. The molecule has 1 aliphatic rings. The highest BCUT2D eigenvalue weighted by Gasteiger charge is 2.35. The first-order chi connectivity index (χ1) is 11.0. The number of anilines is 1. The van der Waals surface area contributed by atoms with Gasteiger partial charge in [0.1, 0.15) is 12.4 Å². The maximum Gasteiger partial charge on any atom is 0.299 e. The van der Waals surface area contributed by atoms with E-state index in [4.69, 9.17) is 27.9 Å². The lowest BCUT2D eigenvalue weighted by Crippen LogP contribution is -2.33. The minimum absolute atomic E-state index is 0.204. The number of ketones is 1. The van der Waals surface area contributed by atoms with Gasteiger partial charge in [0, 0.05) is 9.50 Å². The Morgan fingerprint density at radius 3 is 2.61 bits per heavy atom. The van der Waals surface area contributed by atoms with Crippen LogP contribution in [0.25, 0.3) is 0 Å². The molecule has 0 bridgehead atoms. The standard InChI is InChI=1S/C16H10BrCl2NO3/c17-9-1-3-13-11(7-9)15(21)16(22)20(13)5-6-23-14-4-2-10(18)8-12(14)19/h1-4,7-8H,5-6H2. The van der Waals surface area contributed by atoms with Crippen LogP contribution in [0.2, 0.25) is 10.0 Å². The number of ether oxygens (including phenoxy) is 1. The molecule has 23 heavy (non-hydrogen) atoms. The fourth-order valence-corrected chi connectivity index (χ4v) is 3.16. The van der Waals surface area contributed by atoms with Crippen LogP contribution in [-0.2, 0) is 4.79 Å². The van der Waals surface area contributed by atoms with Gasteiger partial charge in [0.05, 0.1) is 22.8 Å². The molecule has 1 amide bonds. The van der Waals surface area contributed by atoms with Crippen molar-refractivity contribution in [1.29, 1.82) is 0 Å². The molecule has 0 fully saturated rings. The smallest absolute Gasteiger partial charge is 0.299 e. The van der Waals surface area contributed by atoms with Gasteiger partial charge >= 0.3 is 0 Å². The Labute approximate surface area is 151 Å². The summed E-state index contributed by atoms with van der Waals surface area (Å²) in [5.41, 5.74) is 0.989. The summed E-state index contributed by atoms with van der Waals surface area (Å²) in [7, 11) is 0. The van der Waals surface area contributed by atoms with Crippen LogP contribution in [-0.4, -0.2) is 24.8 Å². The zero-order chi connectivity index (χ0) is 16.6. The number of fused-ring (bicyclic) bond motifs is 1. The highest BCUT2D eigenvalue weighted by molar-refractivity contribution is 9.10. The van der Waals surface area contributed by atoms with Crippen molar-refractivity contribution in [3.63, 3.8) is 0 Å². The molecule has 2 aromatic carbocycles. The fourth-order valence-electron chi connectivity index (χ4n) is 2.33. The molecule has 0 radical (unpaired) electrons. The van der Waals surface area contributed by atoms with Crippen molar-refractivity contribution in [3.8, 4) is 5.75 Å². The van der Waals surface area contributed by atoms with Gasteiger partial charge in [-0.15, -0.1) is 0 Å². The molecule has 4 nitrogen and oxygen atoms in total. The Balaban J connectivity index is 1.72. The lowest BCUT2D eigenvalue weighted by Gasteiger charge is -2.17. The fraction of sp³-hybridized carbons (Fsp3) is 0.125. The van der Waals surface area contributed by atoms with Gasteiger partial charge in [0.2, 0.25) is 0 Å². The van der Waals surface area contributed by atoms with Gasteiger partial charge in [-0.2, -0.15) is 0 Å². The third-order valence-electron chi connectivity index (χ3n) is 3.40. The summed E-state index contributed by atoms with van der Waals surface area (Å²) >= 11 is 15.1. The molecule has 2 aromatic rings. The zero-order valence-corrected chi connectivity index (χ0v) is 14.8. The second kappa shape index (κ2) is 6.51. The average molecular weight is 415 g/mol. The lowest BCUT2D eigenvalue weighted by molar-refractivity contribution is -0.114. The van der Waals surface area contributed by atoms with E-state index >= 15 is 0 Å². The van der Waals surface area contributed by atoms with E-state index in [0.29, 0.717) is 27.0 Å². The number of carbonyl (C=O) groups is 2. The molecule has 0 N–H and O–H groups in total. The first-order valence-corrected chi connectivity index (χ1v) is 8.26. The van der Waals surface area contributed by atoms with E-state index in [-0.39, 0.29) is 13.2 Å². The molecule has 0 unspecified atom stereocenters. The molecule has 0 aliphatic carbocycles. The van der Waals surface area contributed by atoms with Crippen LogP contribution in [0.5, 0.6) is 5.75 Å². The Morgan fingerprint density at radius 2 is 1.87 bits per heavy atom. The van der Waals surface area contributed by atoms with Gasteiger partial charge < -0.3 is 9.64 Å². The summed E-state index contributed by atoms with van der Waals surface area (Å²) in [4.78, 5) is 25.5. The van der Waals surface area contributed by atoms with Gasteiger partial charge in [0.25, 0.3) is 11.7 Å². The lowest BCUT2D eigenvalue weighted by atomic mass is 10.1. The SMILES string of the molecule is O=C1C(=O)N(CCOc2ccc(Cl)cc2Cl)c2ccc(Br)cc21. The zero-order valence-electron chi connectivity index (χ0n) is 11.7. The van der Waals surface area contributed by atoms with Gasteiger partial charge in [-0.25, -0.2) is 0 Å². The average Bonchev–Trinajstić information content (AvgIpc) is 2.74. The number of rotatable bonds is 4. The Kier molecular flexibility index (Phi) is 4.62. The van der Waals surface area contributed by atoms with Gasteiger partial charge in [0.15, 0.2) is 0 Å². The van der Waals surface area contributed by atoms with E-state index in [1.54, 1.807) is 36.4 Å². The van der Waals surface area contributed by atoms with E-state index in [1.165, 1.54) is 4.90 Å². The number of nitrogens with zero attached hydrogens (tertiary/aromatic N) is 1. The number of carbonyl (C=O) groups excluding carboxylic acids is 2. The molecule has 7 heteroatoms. The summed E-state index contributed by atoms with van der Waals surface area (Å²) in [6, 6.07) is 10.1. The van der Waals surface area contributed by atoms with Crippen LogP contribution < -0.4 is 9.64 Å². The van der Waals surface area contributed by atoms with Crippen molar-refractivity contribution in [3.05, 3.63) is 56.5 Å². The Bertz CT molecular complexity index is 810. The van der Waals surface area contributed by atoms with Crippen LogP contribution in [0.15, 0.2) is 40.9 Å². The monoisotopic (exact) mass is 413 g/mol. The summed E-state index contributed by atoms with van der Waals surface area (Å²) in [5.74, 6) is -0.584. The molecular weight excluding hydrogens is 405 g/mol. The summed E-state index contributed by atoms with van der Waals surface area (Å²) in [6.07, 6.45) is 0. The summed E-state index contributed by atoms with van der Waals surface area (Å²) in [5, 5.41) is 0.910. The summed E-state index contributed by atoms with van der Waals surface area (Å²) < 4.78 is 6.32. The minimum Gasteiger partial charge on any atom is -0.490 e. The number of halogens is 3. The van der Waals surface area contributed by atoms with Gasteiger partial charge in [-0.1, -0.05) is 39.1 Å². The number of benzene rings is 2.